The van der Waals surface area contributed by atoms with Gasteiger partial charge < -0.3 is 4.74 Å². The average molecular weight is 363 g/mol. The van der Waals surface area contributed by atoms with Crippen LogP contribution in [0, 0.1) is 0 Å². The normalized spacial score (nSPS) is 13.0. The van der Waals surface area contributed by atoms with Crippen molar-refractivity contribution in [3.63, 3.8) is 0 Å². The lowest BCUT2D eigenvalue weighted by atomic mass is 9.87. The van der Waals surface area contributed by atoms with Gasteiger partial charge in [-0.25, -0.2) is 4.98 Å². The largest absolute Gasteiger partial charge is 0.466 e. The summed E-state index contributed by atoms with van der Waals surface area (Å²) in [5.41, 5.74) is 3.05. The number of hydrogen-bond donors (Lipinski definition) is 1. The topological polar surface area (TPSA) is 94.4 Å². The minimum absolute atomic E-state index is 0.172. The summed E-state index contributed by atoms with van der Waals surface area (Å²) in [5.74, 6) is 1.19. The predicted molar refractivity (Wildman–Crippen MR) is 101 cm³/mol. The first kappa shape index (κ1) is 17.1. The van der Waals surface area contributed by atoms with E-state index in [2.05, 4.69) is 46.3 Å². The Morgan fingerprint density at radius 2 is 1.93 bits per heavy atom. The molecule has 1 N–H and O–H groups in total. The summed E-state index contributed by atoms with van der Waals surface area (Å²) in [7, 11) is 0. The minimum atomic E-state index is -0.320. The molecule has 0 aliphatic heterocycles. The van der Waals surface area contributed by atoms with Gasteiger partial charge in [0.2, 0.25) is 5.88 Å². The fourth-order valence-electron chi connectivity index (χ4n) is 2.85. The number of pyridine rings is 1. The third-order valence-corrected chi connectivity index (χ3v) is 4.31. The average Bonchev–Trinajstić information content (AvgIpc) is 3.31. The Bertz CT molecular complexity index is 1050. The smallest absolute Gasteiger partial charge is 0.220 e. The fraction of sp³-hybridized carbons (Fsp3) is 0.316. The van der Waals surface area contributed by atoms with Crippen molar-refractivity contribution >= 4 is 11.2 Å². The Kier molecular flexibility index (Phi) is 4.10. The molecule has 8 heteroatoms. The second-order valence-electron chi connectivity index (χ2n) is 7.40. The Balaban J connectivity index is 1.84. The number of para-hydroxylation sites is 1. The third-order valence-electron chi connectivity index (χ3n) is 4.31. The van der Waals surface area contributed by atoms with Crippen molar-refractivity contribution in [3.05, 3.63) is 54.1 Å². The zero-order valence-corrected chi connectivity index (χ0v) is 15.7. The quantitative estimate of drug-likeness (QED) is 0.597. The van der Waals surface area contributed by atoms with Crippen LogP contribution >= 0.6 is 0 Å². The lowest BCUT2D eigenvalue weighted by molar-refractivity contribution is 0.203. The lowest BCUT2D eigenvalue weighted by Crippen LogP contribution is -2.16. The third kappa shape index (κ3) is 3.25. The van der Waals surface area contributed by atoms with Crippen molar-refractivity contribution in [3.8, 4) is 11.6 Å². The van der Waals surface area contributed by atoms with Gasteiger partial charge in [-0.05, 0) is 30.5 Å². The van der Waals surface area contributed by atoms with Gasteiger partial charge in [0.05, 0.1) is 5.69 Å². The first-order valence-corrected chi connectivity index (χ1v) is 8.78. The van der Waals surface area contributed by atoms with Crippen LogP contribution in [0.4, 0.5) is 0 Å². The predicted octanol–water partition coefficient (Wildman–Crippen LogP) is 3.37. The van der Waals surface area contributed by atoms with Crippen molar-refractivity contribution in [2.45, 2.75) is 39.2 Å². The van der Waals surface area contributed by atoms with Crippen molar-refractivity contribution in [1.29, 1.82) is 0 Å². The maximum atomic E-state index is 6.17. The highest BCUT2D eigenvalue weighted by atomic mass is 16.5. The SMILES string of the molecule is CC(Oc1nc2c(cc1C(C)(C)C)nnn2-c1ccccc1)c1ncn[nH]1. The van der Waals surface area contributed by atoms with Gasteiger partial charge in [0.25, 0.3) is 0 Å². The Labute approximate surface area is 156 Å². The minimum Gasteiger partial charge on any atom is -0.466 e. The van der Waals surface area contributed by atoms with Crippen LogP contribution in [0.25, 0.3) is 16.9 Å². The summed E-state index contributed by atoms with van der Waals surface area (Å²) >= 11 is 0. The number of ether oxygens (including phenoxy) is 1. The van der Waals surface area contributed by atoms with Crippen LogP contribution in [0.5, 0.6) is 5.88 Å². The molecule has 0 bridgehead atoms. The number of benzene rings is 1. The molecule has 0 radical (unpaired) electrons. The number of aromatic nitrogens is 7. The highest BCUT2D eigenvalue weighted by molar-refractivity contribution is 5.74. The number of aromatic amines is 1. The molecule has 0 aliphatic rings. The van der Waals surface area contributed by atoms with Gasteiger partial charge in [0, 0.05) is 5.56 Å². The molecule has 1 atom stereocenters. The van der Waals surface area contributed by atoms with Crippen molar-refractivity contribution in [2.75, 3.05) is 0 Å². The van der Waals surface area contributed by atoms with Gasteiger partial charge >= 0.3 is 0 Å². The van der Waals surface area contributed by atoms with Crippen LogP contribution < -0.4 is 4.74 Å². The van der Waals surface area contributed by atoms with E-state index in [1.807, 2.05) is 43.3 Å². The van der Waals surface area contributed by atoms with E-state index < -0.39 is 0 Å². The van der Waals surface area contributed by atoms with Gasteiger partial charge in [0.1, 0.15) is 11.8 Å². The second-order valence-corrected chi connectivity index (χ2v) is 7.40. The molecule has 27 heavy (non-hydrogen) atoms. The molecular weight excluding hydrogens is 342 g/mol. The second kappa shape index (κ2) is 6.46. The van der Waals surface area contributed by atoms with E-state index in [0.29, 0.717) is 17.4 Å². The highest BCUT2D eigenvalue weighted by Crippen LogP contribution is 2.34. The summed E-state index contributed by atoms with van der Waals surface area (Å²) < 4.78 is 7.89. The molecule has 3 heterocycles. The Morgan fingerprint density at radius 1 is 1.15 bits per heavy atom. The van der Waals surface area contributed by atoms with E-state index >= 15 is 0 Å². The monoisotopic (exact) mass is 363 g/mol. The number of nitrogens with zero attached hydrogens (tertiary/aromatic N) is 6. The fourth-order valence-corrected chi connectivity index (χ4v) is 2.85. The molecule has 4 aromatic rings. The van der Waals surface area contributed by atoms with Gasteiger partial charge in [-0.2, -0.15) is 14.8 Å². The maximum Gasteiger partial charge on any atom is 0.220 e. The molecule has 0 amide bonds. The summed E-state index contributed by atoms with van der Waals surface area (Å²) in [4.78, 5) is 8.95. The van der Waals surface area contributed by atoms with Crippen LogP contribution in [-0.4, -0.2) is 35.2 Å². The molecule has 138 valence electrons. The molecule has 0 saturated carbocycles. The van der Waals surface area contributed by atoms with Crippen LogP contribution in [0.3, 0.4) is 0 Å². The number of H-pyrrole nitrogens is 1. The Hall–Kier alpha value is -3.29. The van der Waals surface area contributed by atoms with E-state index in [-0.39, 0.29) is 11.5 Å². The summed E-state index contributed by atoms with van der Waals surface area (Å²) in [6, 6.07) is 11.8. The van der Waals surface area contributed by atoms with Crippen LogP contribution in [-0.2, 0) is 5.41 Å². The van der Waals surface area contributed by atoms with Gasteiger partial charge in [-0.1, -0.05) is 44.2 Å². The summed E-state index contributed by atoms with van der Waals surface area (Å²) in [5, 5.41) is 15.3. The molecule has 0 fully saturated rings. The standard InChI is InChI=1S/C19H21N7O/c1-12(16-20-11-21-24-16)27-18-14(19(2,3)4)10-15-17(22-18)26(25-23-15)13-8-6-5-7-9-13/h5-12H,1-4H3,(H,20,21,24). The van der Waals surface area contributed by atoms with E-state index in [1.54, 1.807) is 4.68 Å². The number of hydrogen-bond acceptors (Lipinski definition) is 6. The van der Waals surface area contributed by atoms with Gasteiger partial charge in [-0.15, -0.1) is 5.10 Å². The van der Waals surface area contributed by atoms with Crippen molar-refractivity contribution in [1.82, 2.24) is 35.2 Å². The van der Waals surface area contributed by atoms with Crippen molar-refractivity contribution < 1.29 is 4.74 Å². The maximum absolute atomic E-state index is 6.17. The zero-order chi connectivity index (χ0) is 19.0. The molecule has 1 unspecified atom stereocenters. The molecule has 0 spiro atoms. The van der Waals surface area contributed by atoms with E-state index in [0.717, 1.165) is 16.8 Å². The lowest BCUT2D eigenvalue weighted by Gasteiger charge is -2.23. The van der Waals surface area contributed by atoms with Gasteiger partial charge in [0.15, 0.2) is 17.6 Å². The van der Waals surface area contributed by atoms with Crippen LogP contribution in [0.1, 0.15) is 45.2 Å². The van der Waals surface area contributed by atoms with E-state index in [1.165, 1.54) is 6.33 Å². The highest BCUT2D eigenvalue weighted by Gasteiger charge is 2.25. The molecule has 3 aromatic heterocycles. The van der Waals surface area contributed by atoms with Crippen LogP contribution in [0.2, 0.25) is 0 Å². The molecule has 1 aromatic carbocycles. The van der Waals surface area contributed by atoms with Crippen molar-refractivity contribution in [2.24, 2.45) is 0 Å². The number of rotatable bonds is 4. The molecule has 0 aliphatic carbocycles. The molecular formula is C19H21N7O. The number of nitrogens with one attached hydrogen (secondary N) is 1. The summed E-state index contributed by atoms with van der Waals surface area (Å²) in [6.45, 7) is 8.25. The number of fused-ring (bicyclic) bond motifs is 1. The van der Waals surface area contributed by atoms with Crippen LogP contribution in [0.15, 0.2) is 42.7 Å². The van der Waals surface area contributed by atoms with E-state index in [9.17, 15) is 0 Å². The first-order valence-electron chi connectivity index (χ1n) is 8.78. The van der Waals surface area contributed by atoms with E-state index in [4.69, 9.17) is 9.72 Å². The first-order chi connectivity index (χ1) is 12.9. The molecule has 4 rings (SSSR count). The zero-order valence-electron chi connectivity index (χ0n) is 15.7. The molecule has 0 saturated heterocycles. The van der Waals surface area contributed by atoms with Gasteiger partial charge in [-0.3, -0.25) is 5.10 Å². The Morgan fingerprint density at radius 3 is 2.59 bits per heavy atom. The summed E-state index contributed by atoms with van der Waals surface area (Å²) in [6.07, 6.45) is 1.14. The molecule has 8 nitrogen and oxygen atoms in total.